The molecule has 1 saturated heterocycles. The Kier molecular flexibility index (Phi) is 7.90. The molecule has 1 amide bonds. The van der Waals surface area contributed by atoms with Crippen LogP contribution in [0.25, 0.3) is 0 Å². The number of aryl methyl sites for hydroxylation is 6. The second-order valence-corrected chi connectivity index (χ2v) is 15.3. The predicted octanol–water partition coefficient (Wildman–Crippen LogP) is 6.88. The van der Waals surface area contributed by atoms with Crippen molar-refractivity contribution in [2.75, 3.05) is 28.2 Å². The zero-order valence-electron chi connectivity index (χ0n) is 23.8. The van der Waals surface area contributed by atoms with Crippen molar-refractivity contribution in [3.8, 4) is 5.75 Å². The molecule has 1 atom stereocenters. The fourth-order valence-corrected chi connectivity index (χ4v) is 10.8. The number of benzene rings is 3. The zero-order chi connectivity index (χ0) is 28.0. The Morgan fingerprint density at radius 1 is 0.923 bits per heavy atom. The Morgan fingerprint density at radius 3 is 1.92 bits per heavy atom. The van der Waals surface area contributed by atoms with Crippen LogP contribution in [0.2, 0.25) is 0 Å². The van der Waals surface area contributed by atoms with E-state index in [2.05, 4.69) is 91.6 Å². The summed E-state index contributed by atoms with van der Waals surface area (Å²) in [6, 6.07) is 15.0. The van der Waals surface area contributed by atoms with Gasteiger partial charge in [0.1, 0.15) is 0 Å². The van der Waals surface area contributed by atoms with E-state index in [4.69, 9.17) is 14.4 Å². The van der Waals surface area contributed by atoms with E-state index >= 15 is 0 Å². The number of carbonyl (C=O) groups excluding carboxylic acids is 1. The molecule has 1 unspecified atom stereocenters. The van der Waals surface area contributed by atoms with Crippen molar-refractivity contribution in [2.24, 2.45) is 0 Å². The van der Waals surface area contributed by atoms with Gasteiger partial charge in [-0.2, -0.15) is 0 Å². The molecule has 2 aliphatic heterocycles. The maximum atomic E-state index is 12.4. The van der Waals surface area contributed by atoms with Gasteiger partial charge in [-0.25, -0.2) is 0 Å². The van der Waals surface area contributed by atoms with Crippen LogP contribution in [0.5, 0.6) is 5.75 Å². The van der Waals surface area contributed by atoms with Gasteiger partial charge < -0.3 is 0 Å². The molecular weight excluding hydrogens is 595 g/mol. The molecule has 2 heterocycles. The van der Waals surface area contributed by atoms with E-state index in [9.17, 15) is 4.79 Å². The first-order valence-electron chi connectivity index (χ1n) is 13.5. The first-order valence-corrected chi connectivity index (χ1v) is 17.8. The van der Waals surface area contributed by atoms with Crippen LogP contribution in [-0.4, -0.2) is 34.5 Å². The van der Waals surface area contributed by atoms with Gasteiger partial charge in [-0.1, -0.05) is 0 Å². The second kappa shape index (κ2) is 11.1. The number of para-hydroxylation sites is 1. The van der Waals surface area contributed by atoms with Crippen LogP contribution in [0, 0.1) is 41.5 Å². The number of halogens is 1. The summed E-state index contributed by atoms with van der Waals surface area (Å²) in [5.74, 6) is 0.635. The van der Waals surface area contributed by atoms with Crippen LogP contribution in [-0.2, 0) is 19.3 Å². The maximum absolute atomic E-state index is 12.4. The predicted molar refractivity (Wildman–Crippen MR) is 161 cm³/mol. The quantitative estimate of drug-likeness (QED) is 0.312. The molecule has 0 radical (unpaired) electrons. The van der Waals surface area contributed by atoms with Gasteiger partial charge in [0.25, 0.3) is 0 Å². The Hall–Kier alpha value is -2.69. The molecule has 1 N–H and O–H groups in total. The average molecular weight is 633 g/mol. The molecule has 39 heavy (non-hydrogen) atoms. The third kappa shape index (κ3) is 5.26. The number of amides is 1. The third-order valence-electron chi connectivity index (χ3n) is 7.53. The van der Waals surface area contributed by atoms with Gasteiger partial charge >= 0.3 is 242 Å². The monoisotopic (exact) mass is 633 g/mol. The molecule has 0 spiro atoms. The van der Waals surface area contributed by atoms with E-state index in [0.717, 1.165) is 24.4 Å². The van der Waals surface area contributed by atoms with Crippen LogP contribution in [0.1, 0.15) is 52.3 Å². The summed E-state index contributed by atoms with van der Waals surface area (Å²) in [4.78, 5) is 17.5. The molecule has 7 heteroatoms. The molecule has 3 aromatic rings. The van der Waals surface area contributed by atoms with Crippen LogP contribution >= 0.6 is 9.69 Å². The summed E-state index contributed by atoms with van der Waals surface area (Å²) in [6.07, 6.45) is 0.127. The summed E-state index contributed by atoms with van der Waals surface area (Å²) in [7, 11) is 7.59. The van der Waals surface area contributed by atoms with Crippen LogP contribution < -0.4 is 19.9 Å². The summed E-state index contributed by atoms with van der Waals surface area (Å²) < 4.78 is 8.48. The Labute approximate surface area is 241 Å². The molecule has 3 aromatic carbocycles. The van der Waals surface area contributed by atoms with E-state index in [-0.39, 0.29) is 10.7 Å². The number of hydrogen-bond acceptors (Lipinski definition) is 4. The van der Waals surface area contributed by atoms with Crippen LogP contribution in [0.15, 0.2) is 42.5 Å². The van der Waals surface area contributed by atoms with Crippen molar-refractivity contribution in [3.63, 3.8) is 0 Å². The minimum absolute atomic E-state index is 0.0349. The van der Waals surface area contributed by atoms with Crippen molar-refractivity contribution in [3.05, 3.63) is 81.4 Å². The Morgan fingerprint density at radius 2 is 1.44 bits per heavy atom. The first-order chi connectivity index (χ1) is 18.6. The third-order valence-corrected chi connectivity index (χ3v) is 11.8. The van der Waals surface area contributed by atoms with Gasteiger partial charge in [0.15, 0.2) is 0 Å². The van der Waals surface area contributed by atoms with Gasteiger partial charge in [-0.05, 0) is 0 Å². The SMILES string of the molecule is CCC1Oc2c([CH]=[Ru]([Cl])[CH]3N(c4c(C)cc(C)cc4C)CCN3c3c(C)cc(C)cc3C)cccc2NC1=O. The Bertz CT molecular complexity index is 1370. The fourth-order valence-electron chi connectivity index (χ4n) is 6.18. The number of hydrogen-bond donors (Lipinski definition) is 1. The molecule has 1 fully saturated rings. The van der Waals surface area contributed by atoms with Crippen molar-refractivity contribution in [2.45, 2.75) is 65.8 Å². The van der Waals surface area contributed by atoms with Crippen molar-refractivity contribution in [1.29, 1.82) is 0 Å². The molecule has 0 saturated carbocycles. The second-order valence-electron chi connectivity index (χ2n) is 10.8. The van der Waals surface area contributed by atoms with Crippen molar-refractivity contribution < 1.29 is 24.0 Å². The van der Waals surface area contributed by atoms with E-state index < -0.39 is 20.6 Å². The summed E-state index contributed by atoms with van der Waals surface area (Å²) in [6.45, 7) is 16.9. The minimum atomic E-state index is -2.19. The number of ether oxygens (including phenoxy) is 1. The zero-order valence-corrected chi connectivity index (χ0v) is 26.3. The molecule has 0 aromatic heterocycles. The van der Waals surface area contributed by atoms with E-state index in [0.29, 0.717) is 12.1 Å². The molecule has 0 aliphatic carbocycles. The standard InChI is InChI=1S/C21H27N2.C11H11NO2.ClH.Ru/c1-14-9-16(3)20(17(4)10-14)22-7-8-23(13-22)21-18(5)11-15(2)12-19(21)6;1-3-9-11(13)12-8-6-4-5-7(2)10(8)14-9;;/h9-13H,7-8H2,1-6H3;2,4-6,9H,3H2,1H3,(H,12,13);1H;/q;;;+1/p-1. The topological polar surface area (TPSA) is 44.8 Å². The number of carbonyl (C=O) groups is 1. The van der Waals surface area contributed by atoms with Crippen LogP contribution in [0.4, 0.5) is 17.1 Å². The molecule has 5 nitrogen and oxygen atoms in total. The number of anilines is 3. The van der Waals surface area contributed by atoms with Gasteiger partial charge in [0.05, 0.1) is 0 Å². The van der Waals surface area contributed by atoms with E-state index in [1.165, 1.54) is 44.8 Å². The molecular formula is C32H38ClN3O2Ru. The molecule has 0 bridgehead atoms. The molecule has 2 aliphatic rings. The van der Waals surface area contributed by atoms with Gasteiger partial charge in [0.2, 0.25) is 0 Å². The van der Waals surface area contributed by atoms with Gasteiger partial charge in [-0.15, -0.1) is 0 Å². The molecule has 5 rings (SSSR count). The van der Waals surface area contributed by atoms with Gasteiger partial charge in [0, 0.05) is 0 Å². The normalized spacial score (nSPS) is 18.7. The summed E-state index contributed by atoms with van der Waals surface area (Å²) in [5.41, 5.74) is 11.9. The fraction of sp³-hybridized carbons (Fsp3) is 0.375. The summed E-state index contributed by atoms with van der Waals surface area (Å²) in [5, 5.41) is 3.02. The van der Waals surface area contributed by atoms with E-state index in [1.807, 2.05) is 19.1 Å². The van der Waals surface area contributed by atoms with E-state index in [1.54, 1.807) is 0 Å². The Balaban J connectivity index is 1.65. The van der Waals surface area contributed by atoms with Gasteiger partial charge in [-0.3, -0.25) is 0 Å². The average Bonchev–Trinajstić information content (AvgIpc) is 3.26. The number of nitrogens with zero attached hydrogens (tertiary/aromatic N) is 2. The summed E-state index contributed by atoms with van der Waals surface area (Å²) >= 11 is -2.19. The number of rotatable bonds is 5. The van der Waals surface area contributed by atoms with Crippen molar-refractivity contribution in [1.82, 2.24) is 0 Å². The number of fused-ring (bicyclic) bond motifs is 1. The first kappa shape index (κ1) is 27.9. The molecule has 208 valence electrons. The van der Waals surface area contributed by atoms with Crippen LogP contribution in [0.3, 0.4) is 0 Å². The number of nitrogens with one attached hydrogen (secondary N) is 1. The van der Waals surface area contributed by atoms with Crippen molar-refractivity contribution >= 4 is 37.3 Å².